The van der Waals surface area contributed by atoms with E-state index in [-0.39, 0.29) is 5.95 Å². The van der Waals surface area contributed by atoms with E-state index in [0.29, 0.717) is 18.6 Å². The van der Waals surface area contributed by atoms with E-state index in [1.165, 1.54) is 12.0 Å². The van der Waals surface area contributed by atoms with Crippen molar-refractivity contribution in [3.63, 3.8) is 0 Å². The van der Waals surface area contributed by atoms with Crippen LogP contribution in [-0.2, 0) is 13.1 Å². The lowest BCUT2D eigenvalue weighted by molar-refractivity contribution is 0.217. The number of benzene rings is 1. The van der Waals surface area contributed by atoms with Crippen molar-refractivity contribution in [1.82, 2.24) is 30.0 Å². The molecule has 4 heterocycles. The standard InChI is InChI=1S/C23H32N8O/c1-3-4-7-25-22-21-19(28-23(24)29-22)11-27-31(21)13-16-6-5-15(8-20(16)32-2)12-30-14-17-9-18(30)10-26-17/h5-6,8,11,17-18,26H,3-4,7,9-10,12-14H2,1-2H3,(H3,24,25,28,29). The Morgan fingerprint density at radius 2 is 2.19 bits per heavy atom. The number of rotatable bonds is 9. The third kappa shape index (κ3) is 4.10. The van der Waals surface area contributed by atoms with Crippen LogP contribution in [0.4, 0.5) is 11.8 Å². The molecule has 9 nitrogen and oxygen atoms in total. The first-order valence-corrected chi connectivity index (χ1v) is 11.5. The van der Waals surface area contributed by atoms with Gasteiger partial charge >= 0.3 is 0 Å². The lowest BCUT2D eigenvalue weighted by Crippen LogP contribution is -2.42. The van der Waals surface area contributed by atoms with Gasteiger partial charge in [-0.1, -0.05) is 25.5 Å². The Morgan fingerprint density at radius 1 is 1.28 bits per heavy atom. The number of nitrogens with two attached hydrogens (primary N) is 1. The number of nitrogen functional groups attached to an aromatic ring is 1. The molecule has 2 aliphatic rings. The number of hydrogen-bond acceptors (Lipinski definition) is 8. The molecule has 2 aliphatic heterocycles. The summed E-state index contributed by atoms with van der Waals surface area (Å²) in [7, 11) is 1.73. The van der Waals surface area contributed by atoms with Gasteiger partial charge in [-0.05, 0) is 24.5 Å². The number of anilines is 2. The molecule has 2 bridgehead atoms. The van der Waals surface area contributed by atoms with Crippen LogP contribution in [0.2, 0.25) is 0 Å². The molecule has 9 heteroatoms. The first-order valence-electron chi connectivity index (χ1n) is 11.5. The quantitative estimate of drug-likeness (QED) is 0.439. The molecule has 0 spiro atoms. The molecular weight excluding hydrogens is 404 g/mol. The number of hydrogen-bond donors (Lipinski definition) is 3. The number of fused-ring (bicyclic) bond motifs is 3. The summed E-state index contributed by atoms with van der Waals surface area (Å²) < 4.78 is 7.69. The van der Waals surface area contributed by atoms with Gasteiger partial charge in [-0.15, -0.1) is 0 Å². The topological polar surface area (TPSA) is 106 Å². The maximum Gasteiger partial charge on any atom is 0.222 e. The van der Waals surface area contributed by atoms with E-state index in [9.17, 15) is 0 Å². The van der Waals surface area contributed by atoms with E-state index in [2.05, 4.69) is 55.7 Å². The zero-order valence-electron chi connectivity index (χ0n) is 18.8. The van der Waals surface area contributed by atoms with Gasteiger partial charge in [0.2, 0.25) is 5.95 Å². The zero-order valence-corrected chi connectivity index (χ0v) is 18.8. The molecule has 170 valence electrons. The lowest BCUT2D eigenvalue weighted by atomic mass is 10.1. The van der Waals surface area contributed by atoms with Gasteiger partial charge in [-0.25, -0.2) is 4.98 Å². The lowest BCUT2D eigenvalue weighted by Gasteiger charge is -2.27. The van der Waals surface area contributed by atoms with Crippen LogP contribution in [0.1, 0.15) is 37.3 Å². The van der Waals surface area contributed by atoms with Crippen molar-refractivity contribution >= 4 is 22.8 Å². The van der Waals surface area contributed by atoms with Crippen LogP contribution in [0.3, 0.4) is 0 Å². The van der Waals surface area contributed by atoms with Crippen molar-refractivity contribution < 1.29 is 4.74 Å². The van der Waals surface area contributed by atoms with Crippen molar-refractivity contribution in [1.29, 1.82) is 0 Å². The van der Waals surface area contributed by atoms with E-state index in [1.54, 1.807) is 13.3 Å². The van der Waals surface area contributed by atoms with Crippen LogP contribution in [0.5, 0.6) is 5.75 Å². The number of unbranched alkanes of at least 4 members (excludes halogenated alkanes) is 1. The molecule has 2 fully saturated rings. The number of piperazine rings is 1. The van der Waals surface area contributed by atoms with E-state index in [0.717, 1.165) is 67.2 Å². The Morgan fingerprint density at radius 3 is 2.94 bits per heavy atom. The molecule has 4 N–H and O–H groups in total. The van der Waals surface area contributed by atoms with Crippen molar-refractivity contribution in [3.8, 4) is 5.75 Å². The molecule has 2 atom stereocenters. The Bertz CT molecular complexity index is 1100. The van der Waals surface area contributed by atoms with Crippen LogP contribution < -0.4 is 21.1 Å². The number of aromatic nitrogens is 4. The van der Waals surface area contributed by atoms with Gasteiger partial charge < -0.3 is 21.1 Å². The van der Waals surface area contributed by atoms with Gasteiger partial charge in [-0.3, -0.25) is 9.58 Å². The summed E-state index contributed by atoms with van der Waals surface area (Å²) in [6.45, 7) is 6.76. The molecule has 3 aromatic rings. The molecule has 0 amide bonds. The van der Waals surface area contributed by atoms with Crippen LogP contribution in [0.15, 0.2) is 24.4 Å². The summed E-state index contributed by atoms with van der Waals surface area (Å²) in [6, 6.07) is 7.84. The number of nitrogens with one attached hydrogen (secondary N) is 2. The first-order chi connectivity index (χ1) is 15.6. The molecule has 2 saturated heterocycles. The van der Waals surface area contributed by atoms with Gasteiger partial charge in [0, 0.05) is 43.8 Å². The van der Waals surface area contributed by atoms with Crippen LogP contribution >= 0.6 is 0 Å². The fourth-order valence-electron chi connectivity index (χ4n) is 4.90. The maximum atomic E-state index is 5.92. The fourth-order valence-corrected chi connectivity index (χ4v) is 4.90. The number of likely N-dealkylation sites (tertiary alicyclic amines) is 1. The van der Waals surface area contributed by atoms with E-state index < -0.39 is 0 Å². The zero-order chi connectivity index (χ0) is 22.1. The predicted molar refractivity (Wildman–Crippen MR) is 126 cm³/mol. The van der Waals surface area contributed by atoms with Crippen molar-refractivity contribution in [3.05, 3.63) is 35.5 Å². The Hall–Kier alpha value is -2.91. The van der Waals surface area contributed by atoms with E-state index in [1.807, 2.05) is 4.68 Å². The highest BCUT2D eigenvalue weighted by molar-refractivity contribution is 5.86. The van der Waals surface area contributed by atoms with Crippen LogP contribution in [0, 0.1) is 0 Å². The minimum atomic E-state index is 0.254. The number of methoxy groups -OCH3 is 1. The second-order valence-electron chi connectivity index (χ2n) is 8.82. The normalized spacial score (nSPS) is 20.3. The van der Waals surface area contributed by atoms with Crippen LogP contribution in [0.25, 0.3) is 11.0 Å². The highest BCUT2D eigenvalue weighted by Crippen LogP contribution is 2.29. The molecule has 32 heavy (non-hydrogen) atoms. The summed E-state index contributed by atoms with van der Waals surface area (Å²) in [4.78, 5) is 11.4. The monoisotopic (exact) mass is 436 g/mol. The first kappa shape index (κ1) is 21.0. The molecule has 0 radical (unpaired) electrons. The molecule has 1 aromatic carbocycles. The SMILES string of the molecule is CCCCNc1nc(N)nc2cnn(Cc3ccc(CN4CC5CC4CN5)cc3OC)c12. The van der Waals surface area contributed by atoms with Crippen molar-refractivity contribution in [2.45, 2.75) is 51.4 Å². The van der Waals surface area contributed by atoms with Crippen LogP contribution in [-0.4, -0.2) is 63.5 Å². The summed E-state index contributed by atoms with van der Waals surface area (Å²) >= 11 is 0. The summed E-state index contributed by atoms with van der Waals surface area (Å²) in [5, 5.41) is 11.5. The minimum Gasteiger partial charge on any atom is -0.496 e. The second-order valence-corrected chi connectivity index (χ2v) is 8.82. The summed E-state index contributed by atoms with van der Waals surface area (Å²) in [6.07, 6.45) is 5.18. The average Bonchev–Trinajstić information content (AvgIpc) is 3.51. The highest BCUT2D eigenvalue weighted by Gasteiger charge is 2.37. The fraction of sp³-hybridized carbons (Fsp3) is 0.522. The minimum absolute atomic E-state index is 0.254. The van der Waals surface area contributed by atoms with Crippen molar-refractivity contribution in [2.24, 2.45) is 0 Å². The van der Waals surface area contributed by atoms with E-state index >= 15 is 0 Å². The Balaban J connectivity index is 1.38. The van der Waals surface area contributed by atoms with Gasteiger partial charge in [0.1, 0.15) is 16.8 Å². The van der Waals surface area contributed by atoms with Gasteiger partial charge in [0.05, 0.1) is 19.9 Å². The second kappa shape index (κ2) is 8.91. The van der Waals surface area contributed by atoms with Gasteiger partial charge in [-0.2, -0.15) is 10.1 Å². The summed E-state index contributed by atoms with van der Waals surface area (Å²) in [5.41, 5.74) is 9.87. The Kier molecular flexibility index (Phi) is 5.84. The van der Waals surface area contributed by atoms with Gasteiger partial charge in [0.15, 0.2) is 5.82 Å². The molecule has 0 saturated carbocycles. The van der Waals surface area contributed by atoms with E-state index in [4.69, 9.17) is 10.5 Å². The number of ether oxygens (including phenoxy) is 1. The molecule has 0 aliphatic carbocycles. The smallest absolute Gasteiger partial charge is 0.222 e. The molecular formula is C23H32N8O. The molecule has 2 unspecified atom stereocenters. The third-order valence-electron chi connectivity index (χ3n) is 6.56. The molecule has 5 rings (SSSR count). The predicted octanol–water partition coefficient (Wildman–Crippen LogP) is 2.22. The highest BCUT2D eigenvalue weighted by atomic mass is 16.5. The molecule has 2 aromatic heterocycles. The largest absolute Gasteiger partial charge is 0.496 e. The maximum absolute atomic E-state index is 5.92. The average molecular weight is 437 g/mol. The number of nitrogens with zero attached hydrogens (tertiary/aromatic N) is 5. The third-order valence-corrected chi connectivity index (χ3v) is 6.56. The van der Waals surface area contributed by atoms with Gasteiger partial charge in [0.25, 0.3) is 0 Å². The summed E-state index contributed by atoms with van der Waals surface area (Å²) in [5.74, 6) is 1.86. The van der Waals surface area contributed by atoms with Crippen molar-refractivity contribution in [2.75, 3.05) is 37.8 Å². The Labute approximate surface area is 188 Å².